The van der Waals surface area contributed by atoms with Crippen LogP contribution in [0.4, 0.5) is 0 Å². The molecule has 3 rings (SSSR count). The maximum Gasteiger partial charge on any atom is 0.127 e. The third-order valence-electron chi connectivity index (χ3n) is 4.00. The van der Waals surface area contributed by atoms with Crippen LogP contribution in [0, 0.1) is 18.3 Å². The summed E-state index contributed by atoms with van der Waals surface area (Å²) >= 11 is 0. The van der Waals surface area contributed by atoms with Gasteiger partial charge in [0.2, 0.25) is 0 Å². The molecule has 2 heteroatoms. The number of benzene rings is 3. The van der Waals surface area contributed by atoms with Crippen molar-refractivity contribution >= 4 is 22.4 Å². The molecule has 0 spiro atoms. The second-order valence-corrected chi connectivity index (χ2v) is 5.67. The van der Waals surface area contributed by atoms with Crippen LogP contribution in [0.15, 0.2) is 60.7 Å². The van der Waals surface area contributed by atoms with Crippen LogP contribution in [0.2, 0.25) is 0 Å². The average molecular weight is 313 g/mol. The minimum absolute atomic E-state index is 0.631. The molecule has 3 aromatic carbocycles. The Labute approximate surface area is 142 Å². The highest BCUT2D eigenvalue weighted by atomic mass is 16.5. The van der Waals surface area contributed by atoms with Crippen LogP contribution in [0.3, 0.4) is 0 Å². The first kappa shape index (κ1) is 15.8. The van der Waals surface area contributed by atoms with Gasteiger partial charge in [-0.05, 0) is 42.5 Å². The van der Waals surface area contributed by atoms with E-state index in [1.165, 1.54) is 5.56 Å². The quantitative estimate of drug-likeness (QED) is 0.463. The summed E-state index contributed by atoms with van der Waals surface area (Å²) in [6, 6.07) is 22.5. The summed E-state index contributed by atoms with van der Waals surface area (Å²) in [4.78, 5) is 0. The average Bonchev–Trinajstić information content (AvgIpc) is 2.62. The molecule has 0 saturated heterocycles. The number of nitrogens with zero attached hydrogens (tertiary/aromatic N) is 1. The summed E-state index contributed by atoms with van der Waals surface area (Å²) in [6.45, 7) is 4.65. The zero-order valence-corrected chi connectivity index (χ0v) is 13.9. The largest absolute Gasteiger partial charge is 0.493 e. The van der Waals surface area contributed by atoms with Crippen molar-refractivity contribution in [1.29, 1.82) is 5.26 Å². The maximum atomic E-state index is 9.58. The summed E-state index contributed by atoms with van der Waals surface area (Å²) < 4.78 is 5.72. The lowest BCUT2D eigenvalue weighted by atomic mass is 9.98. The Morgan fingerprint density at radius 1 is 1.00 bits per heavy atom. The molecule has 3 aromatic rings. The predicted molar refractivity (Wildman–Crippen MR) is 99.8 cm³/mol. The molecule has 0 fully saturated rings. The van der Waals surface area contributed by atoms with Gasteiger partial charge in [0.25, 0.3) is 0 Å². The summed E-state index contributed by atoms with van der Waals surface area (Å²) in [7, 11) is 0. The Hall–Kier alpha value is -3.05. The summed E-state index contributed by atoms with van der Waals surface area (Å²) in [5.74, 6) is 0.874. The van der Waals surface area contributed by atoms with Gasteiger partial charge in [-0.3, -0.25) is 0 Å². The van der Waals surface area contributed by atoms with Gasteiger partial charge in [0.1, 0.15) is 5.75 Å². The highest BCUT2D eigenvalue weighted by molar-refractivity contribution is 6.00. The van der Waals surface area contributed by atoms with Crippen molar-refractivity contribution in [2.45, 2.75) is 13.8 Å². The van der Waals surface area contributed by atoms with Gasteiger partial charge in [0, 0.05) is 5.39 Å². The van der Waals surface area contributed by atoms with E-state index in [2.05, 4.69) is 18.2 Å². The predicted octanol–water partition coefficient (Wildman–Crippen LogP) is 5.61. The molecule has 2 nitrogen and oxygen atoms in total. The molecule has 0 aromatic heterocycles. The van der Waals surface area contributed by atoms with Crippen molar-refractivity contribution in [3.63, 3.8) is 0 Å². The van der Waals surface area contributed by atoms with Gasteiger partial charge >= 0.3 is 0 Å². The third kappa shape index (κ3) is 3.16. The number of ether oxygens (including phenoxy) is 1. The zero-order valence-electron chi connectivity index (χ0n) is 13.9. The van der Waals surface area contributed by atoms with E-state index < -0.39 is 0 Å². The van der Waals surface area contributed by atoms with E-state index >= 15 is 0 Å². The van der Waals surface area contributed by atoms with Crippen LogP contribution in [-0.4, -0.2) is 6.61 Å². The molecular weight excluding hydrogens is 294 g/mol. The molecule has 0 aliphatic carbocycles. The van der Waals surface area contributed by atoms with E-state index in [1.807, 2.05) is 68.5 Å². The van der Waals surface area contributed by atoms with Gasteiger partial charge in [0.05, 0.1) is 18.2 Å². The van der Waals surface area contributed by atoms with E-state index in [-0.39, 0.29) is 0 Å². The normalized spacial score (nSPS) is 11.3. The van der Waals surface area contributed by atoms with Gasteiger partial charge < -0.3 is 4.74 Å². The minimum atomic E-state index is 0.631. The van der Waals surface area contributed by atoms with E-state index in [9.17, 15) is 5.26 Å². The molecule has 0 atom stereocenters. The Kier molecular flexibility index (Phi) is 4.63. The number of hydrogen-bond donors (Lipinski definition) is 0. The Morgan fingerprint density at radius 2 is 1.71 bits per heavy atom. The fourth-order valence-electron chi connectivity index (χ4n) is 2.77. The van der Waals surface area contributed by atoms with Gasteiger partial charge in [-0.2, -0.15) is 5.26 Å². The maximum absolute atomic E-state index is 9.58. The molecule has 0 radical (unpaired) electrons. The topological polar surface area (TPSA) is 33.0 Å². The molecule has 0 amide bonds. The number of aryl methyl sites for hydroxylation is 1. The lowest BCUT2D eigenvalue weighted by Gasteiger charge is -2.10. The fraction of sp³-hybridized carbons (Fsp3) is 0.136. The third-order valence-corrected chi connectivity index (χ3v) is 4.00. The van der Waals surface area contributed by atoms with Crippen molar-refractivity contribution in [2.75, 3.05) is 6.61 Å². The Bertz CT molecular complexity index is 930. The van der Waals surface area contributed by atoms with Crippen LogP contribution in [0.5, 0.6) is 5.75 Å². The number of hydrogen-bond acceptors (Lipinski definition) is 2. The molecule has 0 bridgehead atoms. The summed E-state index contributed by atoms with van der Waals surface area (Å²) in [6.07, 6.45) is 1.95. The lowest BCUT2D eigenvalue weighted by Crippen LogP contribution is -1.93. The second kappa shape index (κ2) is 7.02. The zero-order chi connectivity index (χ0) is 16.9. The van der Waals surface area contributed by atoms with Gasteiger partial charge in [0.15, 0.2) is 0 Å². The van der Waals surface area contributed by atoms with Crippen molar-refractivity contribution in [2.24, 2.45) is 0 Å². The molecule has 24 heavy (non-hydrogen) atoms. The van der Waals surface area contributed by atoms with Crippen LogP contribution in [0.1, 0.15) is 23.6 Å². The Morgan fingerprint density at radius 3 is 2.38 bits per heavy atom. The fourth-order valence-corrected chi connectivity index (χ4v) is 2.77. The Balaban J connectivity index is 2.13. The second-order valence-electron chi connectivity index (χ2n) is 5.67. The van der Waals surface area contributed by atoms with Crippen LogP contribution in [0.25, 0.3) is 22.4 Å². The van der Waals surface area contributed by atoms with Gasteiger partial charge in [-0.25, -0.2) is 0 Å². The van der Waals surface area contributed by atoms with Gasteiger partial charge in [-0.15, -0.1) is 0 Å². The molecule has 0 N–H and O–H groups in total. The standard InChI is InChI=1S/C22H19NO/c1-3-24-22-13-12-18(20-6-4-5-7-21(20)22)14-19(15-23)17-10-8-16(2)9-11-17/h4-14H,3H2,1-2H3/b19-14-. The van der Waals surface area contributed by atoms with Crippen molar-refractivity contribution in [3.8, 4) is 11.8 Å². The summed E-state index contributed by atoms with van der Waals surface area (Å²) in [5, 5.41) is 11.7. The first-order valence-corrected chi connectivity index (χ1v) is 8.06. The van der Waals surface area contributed by atoms with Crippen LogP contribution in [-0.2, 0) is 0 Å². The lowest BCUT2D eigenvalue weighted by molar-refractivity contribution is 0.344. The molecule has 0 heterocycles. The number of allylic oxidation sites excluding steroid dienone is 1. The molecule has 0 unspecified atom stereocenters. The minimum Gasteiger partial charge on any atom is -0.493 e. The van der Waals surface area contributed by atoms with Crippen molar-refractivity contribution in [3.05, 3.63) is 77.4 Å². The number of rotatable bonds is 4. The molecule has 0 saturated carbocycles. The SMILES string of the molecule is CCOc1ccc(/C=C(/C#N)c2ccc(C)cc2)c2ccccc12. The number of fused-ring (bicyclic) bond motifs is 1. The highest BCUT2D eigenvalue weighted by Crippen LogP contribution is 2.31. The van der Waals surface area contributed by atoms with E-state index in [0.29, 0.717) is 12.2 Å². The molecule has 118 valence electrons. The van der Waals surface area contributed by atoms with E-state index in [4.69, 9.17) is 4.74 Å². The molecule has 0 aliphatic heterocycles. The van der Waals surface area contributed by atoms with Crippen LogP contribution < -0.4 is 4.74 Å². The van der Waals surface area contributed by atoms with Crippen molar-refractivity contribution in [1.82, 2.24) is 0 Å². The van der Waals surface area contributed by atoms with E-state index in [1.54, 1.807) is 0 Å². The van der Waals surface area contributed by atoms with Gasteiger partial charge in [-0.1, -0.05) is 60.2 Å². The highest BCUT2D eigenvalue weighted by Gasteiger charge is 2.07. The molecular formula is C22H19NO. The monoisotopic (exact) mass is 313 g/mol. The first-order chi connectivity index (χ1) is 11.7. The van der Waals surface area contributed by atoms with E-state index in [0.717, 1.165) is 27.6 Å². The summed E-state index contributed by atoms with van der Waals surface area (Å²) in [5.41, 5.74) is 3.79. The first-order valence-electron chi connectivity index (χ1n) is 8.06. The van der Waals surface area contributed by atoms with Crippen LogP contribution >= 0.6 is 0 Å². The number of nitriles is 1. The molecule has 0 aliphatic rings. The van der Waals surface area contributed by atoms with Crippen molar-refractivity contribution < 1.29 is 4.74 Å². The smallest absolute Gasteiger partial charge is 0.127 e.